The van der Waals surface area contributed by atoms with Crippen molar-refractivity contribution in [2.24, 2.45) is 11.1 Å². The van der Waals surface area contributed by atoms with Gasteiger partial charge in [0.1, 0.15) is 10.7 Å². The molecule has 1 amide bonds. The molecule has 1 aliphatic rings. The Hall–Kier alpha value is -1.93. The minimum atomic E-state index is -4.41. The summed E-state index contributed by atoms with van der Waals surface area (Å²) >= 11 is 1.16. The van der Waals surface area contributed by atoms with E-state index in [1.165, 1.54) is 6.07 Å². The molecule has 4 nitrogen and oxygen atoms in total. The van der Waals surface area contributed by atoms with E-state index in [0.29, 0.717) is 30.2 Å². The Balaban J connectivity index is 1.80. The first-order chi connectivity index (χ1) is 11.7. The van der Waals surface area contributed by atoms with Gasteiger partial charge in [0.25, 0.3) is 5.91 Å². The fourth-order valence-electron chi connectivity index (χ4n) is 2.86. The van der Waals surface area contributed by atoms with Gasteiger partial charge in [-0.1, -0.05) is 19.1 Å². The maximum Gasteiger partial charge on any atom is 0.416 e. The second-order valence-corrected chi connectivity index (χ2v) is 7.47. The highest BCUT2D eigenvalue weighted by molar-refractivity contribution is 7.13. The summed E-state index contributed by atoms with van der Waals surface area (Å²) in [6.45, 7) is 3.72. The normalized spacial score (nSPS) is 20.9. The van der Waals surface area contributed by atoms with Gasteiger partial charge in [0.05, 0.1) is 5.56 Å². The van der Waals surface area contributed by atoms with Gasteiger partial charge in [0.2, 0.25) is 0 Å². The van der Waals surface area contributed by atoms with Crippen LogP contribution in [0.15, 0.2) is 29.6 Å². The fourth-order valence-corrected chi connectivity index (χ4v) is 3.65. The van der Waals surface area contributed by atoms with Gasteiger partial charge < -0.3 is 10.6 Å². The van der Waals surface area contributed by atoms with Gasteiger partial charge in [-0.2, -0.15) is 13.2 Å². The average Bonchev–Trinajstić information content (AvgIpc) is 3.21. The third-order valence-corrected chi connectivity index (χ3v) is 5.39. The van der Waals surface area contributed by atoms with Crippen LogP contribution in [0.3, 0.4) is 0 Å². The van der Waals surface area contributed by atoms with Crippen molar-refractivity contribution in [2.45, 2.75) is 19.5 Å². The number of hydrogen-bond donors (Lipinski definition) is 1. The van der Waals surface area contributed by atoms with Crippen molar-refractivity contribution >= 4 is 17.2 Å². The summed E-state index contributed by atoms with van der Waals surface area (Å²) in [6, 6.07) is 4.97. The highest BCUT2D eigenvalue weighted by Crippen LogP contribution is 2.34. The topological polar surface area (TPSA) is 59.2 Å². The third-order valence-electron chi connectivity index (χ3n) is 4.50. The van der Waals surface area contributed by atoms with E-state index in [-0.39, 0.29) is 17.0 Å². The standard InChI is InChI=1S/C17H18F3N3OS/c1-16(9-21)5-6-23(10-16)15(24)13-8-25-14(22-13)11-3-2-4-12(7-11)17(18,19)20/h2-4,7-8H,5-6,9-10,21H2,1H3. The lowest BCUT2D eigenvalue weighted by Gasteiger charge is -2.22. The fraction of sp³-hybridized carbons (Fsp3) is 0.412. The molecule has 0 saturated carbocycles. The van der Waals surface area contributed by atoms with Gasteiger partial charge in [-0.3, -0.25) is 4.79 Å². The van der Waals surface area contributed by atoms with Gasteiger partial charge in [-0.25, -0.2) is 4.98 Å². The molecule has 1 atom stereocenters. The van der Waals surface area contributed by atoms with Crippen molar-refractivity contribution in [3.8, 4) is 10.6 Å². The molecule has 1 aromatic heterocycles. The number of carbonyl (C=O) groups is 1. The Morgan fingerprint density at radius 3 is 2.84 bits per heavy atom. The van der Waals surface area contributed by atoms with E-state index in [9.17, 15) is 18.0 Å². The highest BCUT2D eigenvalue weighted by atomic mass is 32.1. The number of likely N-dealkylation sites (tertiary alicyclic amines) is 1. The predicted octanol–water partition coefficient (Wildman–Crippen LogP) is 3.64. The van der Waals surface area contributed by atoms with E-state index in [4.69, 9.17) is 5.73 Å². The van der Waals surface area contributed by atoms with Crippen molar-refractivity contribution in [1.29, 1.82) is 0 Å². The molecule has 0 bridgehead atoms. The summed E-state index contributed by atoms with van der Waals surface area (Å²) in [5.74, 6) is -0.202. The molecule has 2 aromatic rings. The van der Waals surface area contributed by atoms with Crippen LogP contribution in [0, 0.1) is 5.41 Å². The quantitative estimate of drug-likeness (QED) is 0.899. The van der Waals surface area contributed by atoms with Gasteiger partial charge in [-0.15, -0.1) is 11.3 Å². The molecular formula is C17H18F3N3OS. The van der Waals surface area contributed by atoms with Crippen molar-refractivity contribution < 1.29 is 18.0 Å². The Labute approximate surface area is 147 Å². The van der Waals surface area contributed by atoms with E-state index in [2.05, 4.69) is 4.98 Å². The summed E-state index contributed by atoms with van der Waals surface area (Å²) in [7, 11) is 0. The second kappa shape index (κ2) is 6.42. The average molecular weight is 369 g/mol. The maximum absolute atomic E-state index is 12.8. The molecule has 1 aliphatic heterocycles. The molecule has 2 N–H and O–H groups in total. The van der Waals surface area contributed by atoms with Gasteiger partial charge >= 0.3 is 6.18 Å². The summed E-state index contributed by atoms with van der Waals surface area (Å²) < 4.78 is 38.5. The minimum absolute atomic E-state index is 0.0877. The Morgan fingerprint density at radius 1 is 1.44 bits per heavy atom. The van der Waals surface area contributed by atoms with Crippen molar-refractivity contribution in [3.05, 3.63) is 40.9 Å². The van der Waals surface area contributed by atoms with E-state index >= 15 is 0 Å². The molecule has 0 spiro atoms. The number of hydrogen-bond acceptors (Lipinski definition) is 4. The first kappa shape index (κ1) is 17.9. The van der Waals surface area contributed by atoms with Crippen LogP contribution in [0.5, 0.6) is 0 Å². The van der Waals surface area contributed by atoms with Crippen molar-refractivity contribution in [3.63, 3.8) is 0 Å². The number of alkyl halides is 3. The van der Waals surface area contributed by atoms with Crippen LogP contribution in [0.25, 0.3) is 10.6 Å². The Kier molecular flexibility index (Phi) is 4.59. The van der Waals surface area contributed by atoms with Crippen LogP contribution in [-0.2, 0) is 6.18 Å². The summed E-state index contributed by atoms with van der Waals surface area (Å²) in [5.41, 5.74) is 5.55. The number of rotatable bonds is 3. The monoisotopic (exact) mass is 369 g/mol. The number of carbonyl (C=O) groups excluding carboxylic acids is 1. The van der Waals surface area contributed by atoms with Crippen molar-refractivity contribution in [1.82, 2.24) is 9.88 Å². The molecule has 134 valence electrons. The number of halogens is 3. The van der Waals surface area contributed by atoms with Gasteiger partial charge in [0.15, 0.2) is 0 Å². The number of benzene rings is 1. The first-order valence-electron chi connectivity index (χ1n) is 7.84. The van der Waals surface area contributed by atoms with Crippen LogP contribution in [-0.4, -0.2) is 35.4 Å². The smallest absolute Gasteiger partial charge is 0.337 e. The largest absolute Gasteiger partial charge is 0.416 e. The molecule has 2 heterocycles. The molecule has 1 unspecified atom stereocenters. The molecule has 0 aliphatic carbocycles. The summed E-state index contributed by atoms with van der Waals surface area (Å²) in [5, 5.41) is 1.99. The molecular weight excluding hydrogens is 351 g/mol. The second-order valence-electron chi connectivity index (χ2n) is 6.61. The molecule has 25 heavy (non-hydrogen) atoms. The Bertz CT molecular complexity index is 789. The summed E-state index contributed by atoms with van der Waals surface area (Å²) in [4.78, 5) is 18.5. The van der Waals surface area contributed by atoms with Crippen LogP contribution >= 0.6 is 11.3 Å². The van der Waals surface area contributed by atoms with Crippen LogP contribution < -0.4 is 5.73 Å². The van der Waals surface area contributed by atoms with E-state index in [1.54, 1.807) is 16.3 Å². The van der Waals surface area contributed by atoms with Crippen LogP contribution in [0.1, 0.15) is 29.4 Å². The maximum atomic E-state index is 12.8. The number of nitrogens with two attached hydrogens (primary N) is 1. The lowest BCUT2D eigenvalue weighted by molar-refractivity contribution is -0.137. The SMILES string of the molecule is CC1(CN)CCN(C(=O)c2csc(-c3cccc(C(F)(F)F)c3)n2)C1. The molecule has 0 radical (unpaired) electrons. The third kappa shape index (κ3) is 3.69. The lowest BCUT2D eigenvalue weighted by atomic mass is 9.90. The lowest BCUT2D eigenvalue weighted by Crippen LogP contribution is -2.34. The molecule has 1 fully saturated rings. The zero-order valence-corrected chi connectivity index (χ0v) is 14.5. The van der Waals surface area contributed by atoms with E-state index in [0.717, 1.165) is 29.9 Å². The summed E-state index contributed by atoms with van der Waals surface area (Å²) in [6.07, 6.45) is -3.58. The van der Waals surface area contributed by atoms with Crippen LogP contribution in [0.2, 0.25) is 0 Å². The number of amides is 1. The number of nitrogens with zero attached hydrogens (tertiary/aromatic N) is 2. The molecule has 8 heteroatoms. The number of thiazole rings is 1. The zero-order chi connectivity index (χ0) is 18.2. The zero-order valence-electron chi connectivity index (χ0n) is 13.6. The van der Waals surface area contributed by atoms with Crippen molar-refractivity contribution in [2.75, 3.05) is 19.6 Å². The van der Waals surface area contributed by atoms with Crippen LogP contribution in [0.4, 0.5) is 13.2 Å². The molecule has 1 aromatic carbocycles. The van der Waals surface area contributed by atoms with Gasteiger partial charge in [-0.05, 0) is 30.5 Å². The minimum Gasteiger partial charge on any atom is -0.337 e. The highest BCUT2D eigenvalue weighted by Gasteiger charge is 2.36. The molecule has 1 saturated heterocycles. The Morgan fingerprint density at radius 2 is 2.20 bits per heavy atom. The van der Waals surface area contributed by atoms with Gasteiger partial charge in [0, 0.05) is 24.0 Å². The molecule has 3 rings (SSSR count). The predicted molar refractivity (Wildman–Crippen MR) is 90.2 cm³/mol. The number of aromatic nitrogens is 1. The first-order valence-corrected chi connectivity index (χ1v) is 8.72. The van der Waals surface area contributed by atoms with E-state index in [1.807, 2.05) is 6.92 Å². The van der Waals surface area contributed by atoms with E-state index < -0.39 is 11.7 Å².